The number of nitrogens with zero attached hydrogens (tertiary/aromatic N) is 1. The van der Waals surface area contributed by atoms with Crippen LogP contribution in [0.4, 0.5) is 0 Å². The number of Topliss-reactive ketones (excluding diaryl/α,β-unsaturated/α-hetero) is 1. The standard InChI is InChI=1S/C21H19NO6/c23-17-11-13-26-21(17,20(25)28-22-18(24)12-14-27-22)19(15-7-3-1-4-8-15)16-9-5-2-6-10-16/h1-10,19H,11-14H2. The van der Waals surface area contributed by atoms with E-state index in [0.717, 1.165) is 11.1 Å². The third-order valence-corrected chi connectivity index (χ3v) is 4.94. The van der Waals surface area contributed by atoms with E-state index >= 15 is 0 Å². The van der Waals surface area contributed by atoms with Crippen molar-refractivity contribution in [3.8, 4) is 0 Å². The van der Waals surface area contributed by atoms with Crippen LogP contribution in [-0.4, -0.2) is 41.7 Å². The zero-order chi connectivity index (χ0) is 19.6. The molecule has 2 fully saturated rings. The van der Waals surface area contributed by atoms with Crippen molar-refractivity contribution >= 4 is 17.7 Å². The lowest BCUT2D eigenvalue weighted by Gasteiger charge is -2.34. The number of hydroxylamine groups is 2. The van der Waals surface area contributed by atoms with Gasteiger partial charge in [-0.15, -0.1) is 0 Å². The molecular formula is C21H19NO6. The van der Waals surface area contributed by atoms with Crippen molar-refractivity contribution in [2.75, 3.05) is 13.2 Å². The van der Waals surface area contributed by atoms with E-state index in [4.69, 9.17) is 14.4 Å². The molecule has 144 valence electrons. The summed E-state index contributed by atoms with van der Waals surface area (Å²) in [6.07, 6.45) is 0.190. The quantitative estimate of drug-likeness (QED) is 0.739. The molecule has 1 atom stereocenters. The van der Waals surface area contributed by atoms with E-state index in [-0.39, 0.29) is 31.8 Å². The van der Waals surface area contributed by atoms with E-state index in [1.165, 1.54) is 0 Å². The summed E-state index contributed by atoms with van der Waals surface area (Å²) < 4.78 is 5.81. The molecule has 28 heavy (non-hydrogen) atoms. The summed E-state index contributed by atoms with van der Waals surface area (Å²) in [5.41, 5.74) is -0.432. The largest absolute Gasteiger partial charge is 0.375 e. The van der Waals surface area contributed by atoms with Gasteiger partial charge in [0.2, 0.25) is 5.60 Å². The fraction of sp³-hybridized carbons (Fsp3) is 0.286. The van der Waals surface area contributed by atoms with Crippen LogP contribution in [0.1, 0.15) is 29.9 Å². The minimum atomic E-state index is -1.89. The predicted molar refractivity (Wildman–Crippen MR) is 96.5 cm³/mol. The fourth-order valence-electron chi connectivity index (χ4n) is 3.66. The highest BCUT2D eigenvalue weighted by molar-refractivity contribution is 6.10. The maximum absolute atomic E-state index is 13.2. The number of rotatable bonds is 5. The molecular weight excluding hydrogens is 362 g/mol. The average molecular weight is 381 g/mol. The molecule has 1 amide bonds. The van der Waals surface area contributed by atoms with E-state index in [0.29, 0.717) is 5.23 Å². The maximum Gasteiger partial charge on any atom is 0.375 e. The summed E-state index contributed by atoms with van der Waals surface area (Å²) in [7, 11) is 0. The van der Waals surface area contributed by atoms with Gasteiger partial charge < -0.3 is 9.57 Å². The molecule has 2 heterocycles. The Hall–Kier alpha value is -3.03. The van der Waals surface area contributed by atoms with Gasteiger partial charge in [0.25, 0.3) is 5.91 Å². The monoisotopic (exact) mass is 381 g/mol. The van der Waals surface area contributed by atoms with Crippen molar-refractivity contribution < 1.29 is 28.8 Å². The Morgan fingerprint density at radius 2 is 1.54 bits per heavy atom. The molecule has 7 heteroatoms. The normalized spacial score (nSPS) is 22.1. The minimum Gasteiger partial charge on any atom is -0.355 e. The Bertz CT molecular complexity index is 845. The number of hydrogen-bond acceptors (Lipinski definition) is 6. The molecule has 4 rings (SSSR count). The SMILES string of the molecule is O=C1CCON1OC(=O)C1(C(c2ccccc2)c2ccccc2)OCCC1=O. The molecule has 0 saturated carbocycles. The van der Waals surface area contributed by atoms with Gasteiger partial charge in [-0.1, -0.05) is 60.7 Å². The second kappa shape index (κ2) is 7.53. The van der Waals surface area contributed by atoms with Crippen LogP contribution in [0.25, 0.3) is 0 Å². The molecule has 2 aromatic carbocycles. The van der Waals surface area contributed by atoms with Crippen molar-refractivity contribution in [1.29, 1.82) is 0 Å². The van der Waals surface area contributed by atoms with Crippen LogP contribution in [0.3, 0.4) is 0 Å². The summed E-state index contributed by atoms with van der Waals surface area (Å²) >= 11 is 0. The summed E-state index contributed by atoms with van der Waals surface area (Å²) in [4.78, 5) is 48.3. The first-order chi connectivity index (χ1) is 13.6. The fourth-order valence-corrected chi connectivity index (χ4v) is 3.66. The van der Waals surface area contributed by atoms with Crippen LogP contribution in [0.15, 0.2) is 60.7 Å². The van der Waals surface area contributed by atoms with Crippen LogP contribution in [0.2, 0.25) is 0 Å². The second-order valence-electron chi connectivity index (χ2n) is 6.62. The van der Waals surface area contributed by atoms with Gasteiger partial charge >= 0.3 is 5.97 Å². The van der Waals surface area contributed by atoms with Gasteiger partial charge in [-0.3, -0.25) is 9.59 Å². The van der Waals surface area contributed by atoms with Crippen molar-refractivity contribution in [2.45, 2.75) is 24.4 Å². The number of benzene rings is 2. The number of carbonyl (C=O) groups excluding carboxylic acids is 3. The Morgan fingerprint density at radius 3 is 2.00 bits per heavy atom. The molecule has 2 aliphatic rings. The lowest BCUT2D eigenvalue weighted by Crippen LogP contribution is -2.53. The van der Waals surface area contributed by atoms with Gasteiger partial charge in [0.05, 0.1) is 25.6 Å². The lowest BCUT2D eigenvalue weighted by atomic mass is 9.75. The first-order valence-corrected chi connectivity index (χ1v) is 9.08. The zero-order valence-corrected chi connectivity index (χ0v) is 15.1. The Morgan fingerprint density at radius 1 is 0.929 bits per heavy atom. The third kappa shape index (κ3) is 3.08. The third-order valence-electron chi connectivity index (χ3n) is 4.94. The van der Waals surface area contributed by atoms with Crippen molar-refractivity contribution in [1.82, 2.24) is 5.23 Å². The summed E-state index contributed by atoms with van der Waals surface area (Å²) in [5, 5.41) is 0.548. The van der Waals surface area contributed by atoms with Crippen LogP contribution in [0, 0.1) is 0 Å². The zero-order valence-electron chi connectivity index (χ0n) is 15.1. The van der Waals surface area contributed by atoms with Crippen molar-refractivity contribution in [3.63, 3.8) is 0 Å². The topological polar surface area (TPSA) is 82.1 Å². The van der Waals surface area contributed by atoms with Crippen LogP contribution in [0.5, 0.6) is 0 Å². The van der Waals surface area contributed by atoms with E-state index in [9.17, 15) is 14.4 Å². The molecule has 0 N–H and O–H groups in total. The van der Waals surface area contributed by atoms with E-state index in [2.05, 4.69) is 0 Å². The highest BCUT2D eigenvalue weighted by atomic mass is 17.0. The molecule has 2 aliphatic heterocycles. The van der Waals surface area contributed by atoms with Gasteiger partial charge in [0.15, 0.2) is 5.78 Å². The smallest absolute Gasteiger partial charge is 0.355 e. The van der Waals surface area contributed by atoms with E-state index in [1.807, 2.05) is 60.7 Å². The Kier molecular flexibility index (Phi) is 4.93. The molecule has 7 nitrogen and oxygen atoms in total. The first-order valence-electron chi connectivity index (χ1n) is 9.08. The maximum atomic E-state index is 13.2. The number of ether oxygens (including phenoxy) is 1. The molecule has 0 radical (unpaired) electrons. The van der Waals surface area contributed by atoms with Gasteiger partial charge in [0.1, 0.15) is 0 Å². The molecule has 0 aromatic heterocycles. The molecule has 2 aromatic rings. The van der Waals surface area contributed by atoms with Crippen molar-refractivity contribution in [2.24, 2.45) is 0 Å². The Labute approximate surface area is 161 Å². The molecule has 1 unspecified atom stereocenters. The summed E-state index contributed by atoms with van der Waals surface area (Å²) in [5.74, 6) is -2.55. The minimum absolute atomic E-state index is 0.0834. The second-order valence-corrected chi connectivity index (χ2v) is 6.62. The van der Waals surface area contributed by atoms with Crippen LogP contribution < -0.4 is 0 Å². The number of hydrogen-bond donors (Lipinski definition) is 0. The molecule has 0 aliphatic carbocycles. The average Bonchev–Trinajstić information content (AvgIpc) is 3.30. The number of amides is 1. The van der Waals surface area contributed by atoms with Crippen LogP contribution in [-0.2, 0) is 28.8 Å². The first kappa shape index (κ1) is 18.3. The summed E-state index contributed by atoms with van der Waals surface area (Å²) in [6, 6.07) is 18.4. The molecule has 0 bridgehead atoms. The predicted octanol–water partition coefficient (Wildman–Crippen LogP) is 2.17. The van der Waals surface area contributed by atoms with Gasteiger partial charge in [-0.2, -0.15) is 0 Å². The Balaban J connectivity index is 1.80. The van der Waals surface area contributed by atoms with Gasteiger partial charge in [0, 0.05) is 6.42 Å². The van der Waals surface area contributed by atoms with Crippen LogP contribution >= 0.6 is 0 Å². The number of ketones is 1. The number of carbonyl (C=O) groups is 3. The molecule has 0 spiro atoms. The van der Waals surface area contributed by atoms with Gasteiger partial charge in [-0.05, 0) is 16.4 Å². The van der Waals surface area contributed by atoms with E-state index in [1.54, 1.807) is 0 Å². The highest BCUT2D eigenvalue weighted by Gasteiger charge is 2.59. The van der Waals surface area contributed by atoms with Crippen molar-refractivity contribution in [3.05, 3.63) is 71.8 Å². The van der Waals surface area contributed by atoms with E-state index < -0.39 is 23.4 Å². The lowest BCUT2D eigenvalue weighted by molar-refractivity contribution is -0.309. The highest BCUT2D eigenvalue weighted by Crippen LogP contribution is 2.43. The van der Waals surface area contributed by atoms with Gasteiger partial charge in [-0.25, -0.2) is 9.63 Å². The molecule has 2 saturated heterocycles. The summed E-state index contributed by atoms with van der Waals surface area (Å²) in [6.45, 7) is 0.216.